The predicted molar refractivity (Wildman–Crippen MR) is 142 cm³/mol. The summed E-state index contributed by atoms with van der Waals surface area (Å²) in [6.07, 6.45) is 2.14. The largest absolute Gasteiger partial charge is 0.489 e. The first kappa shape index (κ1) is 25.0. The molecule has 7 nitrogen and oxygen atoms in total. The van der Waals surface area contributed by atoms with E-state index in [4.69, 9.17) is 15.9 Å². The summed E-state index contributed by atoms with van der Waals surface area (Å²) >= 11 is 0. The number of nitrogen functional groups attached to an aromatic ring is 1. The number of carbonyl (C=O) groups excluding carboxylic acids is 2. The molecule has 0 saturated carbocycles. The molecule has 0 bridgehead atoms. The average molecular weight is 485 g/mol. The van der Waals surface area contributed by atoms with E-state index in [0.717, 1.165) is 42.6 Å². The molecule has 2 amide bonds. The van der Waals surface area contributed by atoms with Crippen molar-refractivity contribution in [3.8, 4) is 5.75 Å². The summed E-state index contributed by atoms with van der Waals surface area (Å²) in [6, 6.07) is 18.7. The van der Waals surface area contributed by atoms with Crippen LogP contribution in [0.15, 0.2) is 60.7 Å². The van der Waals surface area contributed by atoms with E-state index in [-0.39, 0.29) is 24.1 Å². The molecule has 0 atom stereocenters. The zero-order chi connectivity index (χ0) is 25.7. The molecule has 36 heavy (non-hydrogen) atoms. The number of nitrogens with two attached hydrogens (primary N) is 1. The number of aryl methyl sites for hydroxylation is 2. The number of hydrogen-bond donors (Lipinski definition) is 3. The number of carbonyl (C=O) groups is 2. The van der Waals surface area contributed by atoms with Gasteiger partial charge in [0.2, 0.25) is 5.91 Å². The molecule has 0 aromatic heterocycles. The van der Waals surface area contributed by atoms with E-state index >= 15 is 0 Å². The van der Waals surface area contributed by atoms with Crippen LogP contribution in [0, 0.1) is 19.3 Å². The van der Waals surface area contributed by atoms with Crippen molar-refractivity contribution in [2.45, 2.75) is 39.7 Å². The van der Waals surface area contributed by atoms with Crippen LogP contribution in [0.1, 0.15) is 51.0 Å². The standard InChI is InChI=1S/C29H32N4O3/c1-19-15-25(20(2)14-24(19)29(35)33-12-6-7-13-33)32-27(34)17-23-16-22(28(30)31)10-11-26(23)36-18-21-8-4-3-5-9-21/h3-5,8-11,14-16H,6-7,12-13,17-18H2,1-2H3,(H3,30,31)(H,32,34). The van der Waals surface area contributed by atoms with Gasteiger partial charge in [0.25, 0.3) is 5.91 Å². The Kier molecular flexibility index (Phi) is 7.68. The Labute approximate surface area is 211 Å². The van der Waals surface area contributed by atoms with Crippen LogP contribution in [0.25, 0.3) is 0 Å². The maximum atomic E-state index is 13.1. The molecule has 4 rings (SSSR count). The number of nitrogens with one attached hydrogen (secondary N) is 2. The number of ether oxygens (including phenoxy) is 1. The number of hydrogen-bond acceptors (Lipinski definition) is 4. The maximum Gasteiger partial charge on any atom is 0.254 e. The molecule has 1 heterocycles. The Morgan fingerprint density at radius 3 is 2.42 bits per heavy atom. The van der Waals surface area contributed by atoms with Crippen molar-refractivity contribution in [3.63, 3.8) is 0 Å². The summed E-state index contributed by atoms with van der Waals surface area (Å²) < 4.78 is 6.01. The number of amidine groups is 1. The van der Waals surface area contributed by atoms with Crippen LogP contribution >= 0.6 is 0 Å². The van der Waals surface area contributed by atoms with E-state index < -0.39 is 0 Å². The van der Waals surface area contributed by atoms with E-state index in [0.29, 0.717) is 34.7 Å². The van der Waals surface area contributed by atoms with Crippen LogP contribution < -0.4 is 15.8 Å². The van der Waals surface area contributed by atoms with Crippen molar-refractivity contribution in [2.24, 2.45) is 5.73 Å². The number of likely N-dealkylation sites (tertiary alicyclic amines) is 1. The molecule has 1 aliphatic rings. The van der Waals surface area contributed by atoms with Gasteiger partial charge >= 0.3 is 0 Å². The second kappa shape index (κ2) is 11.1. The molecule has 0 aliphatic carbocycles. The molecule has 0 radical (unpaired) electrons. The third kappa shape index (κ3) is 5.92. The Hall–Kier alpha value is -4.13. The molecular formula is C29H32N4O3. The van der Waals surface area contributed by atoms with Crippen molar-refractivity contribution in [1.29, 1.82) is 5.41 Å². The van der Waals surface area contributed by atoms with Crippen LogP contribution in [-0.4, -0.2) is 35.6 Å². The number of nitrogens with zero attached hydrogens (tertiary/aromatic N) is 1. The lowest BCUT2D eigenvalue weighted by Gasteiger charge is -2.19. The highest BCUT2D eigenvalue weighted by Crippen LogP contribution is 2.26. The summed E-state index contributed by atoms with van der Waals surface area (Å²) in [4.78, 5) is 27.8. The normalized spacial score (nSPS) is 12.9. The molecule has 7 heteroatoms. The monoisotopic (exact) mass is 484 g/mol. The van der Waals surface area contributed by atoms with E-state index in [1.54, 1.807) is 18.2 Å². The summed E-state index contributed by atoms with van der Waals surface area (Å²) in [5.41, 5.74) is 10.9. The van der Waals surface area contributed by atoms with Gasteiger partial charge < -0.3 is 20.7 Å². The van der Waals surface area contributed by atoms with Gasteiger partial charge in [-0.05, 0) is 73.7 Å². The van der Waals surface area contributed by atoms with Crippen LogP contribution in [0.5, 0.6) is 5.75 Å². The Morgan fingerprint density at radius 1 is 1.00 bits per heavy atom. The lowest BCUT2D eigenvalue weighted by molar-refractivity contribution is -0.115. The van der Waals surface area contributed by atoms with Gasteiger partial charge in [-0.25, -0.2) is 0 Å². The number of rotatable bonds is 8. The average Bonchev–Trinajstić information content (AvgIpc) is 3.40. The van der Waals surface area contributed by atoms with Gasteiger partial charge in [0.05, 0.1) is 6.42 Å². The second-order valence-corrected chi connectivity index (χ2v) is 9.22. The summed E-state index contributed by atoms with van der Waals surface area (Å²) in [5.74, 6) is 0.322. The van der Waals surface area contributed by atoms with Crippen molar-refractivity contribution in [1.82, 2.24) is 4.90 Å². The van der Waals surface area contributed by atoms with E-state index in [9.17, 15) is 9.59 Å². The first-order valence-electron chi connectivity index (χ1n) is 12.2. The van der Waals surface area contributed by atoms with Crippen LogP contribution in [0.3, 0.4) is 0 Å². The highest BCUT2D eigenvalue weighted by atomic mass is 16.5. The number of amides is 2. The summed E-state index contributed by atoms with van der Waals surface area (Å²) in [7, 11) is 0. The van der Waals surface area contributed by atoms with Crippen molar-refractivity contribution in [2.75, 3.05) is 18.4 Å². The fourth-order valence-electron chi connectivity index (χ4n) is 4.40. The van der Waals surface area contributed by atoms with E-state index in [2.05, 4.69) is 5.32 Å². The molecule has 1 fully saturated rings. The zero-order valence-electron chi connectivity index (χ0n) is 20.8. The van der Waals surface area contributed by atoms with Crippen LogP contribution in [0.2, 0.25) is 0 Å². The summed E-state index contributed by atoms with van der Waals surface area (Å²) in [6.45, 7) is 5.73. The molecule has 3 aromatic rings. The quantitative estimate of drug-likeness (QED) is 0.321. The Balaban J connectivity index is 1.50. The highest BCUT2D eigenvalue weighted by Gasteiger charge is 2.22. The molecule has 186 valence electrons. The molecule has 0 spiro atoms. The fourth-order valence-corrected chi connectivity index (χ4v) is 4.40. The Morgan fingerprint density at radius 2 is 1.72 bits per heavy atom. The molecule has 4 N–H and O–H groups in total. The van der Waals surface area contributed by atoms with Gasteiger partial charge in [0, 0.05) is 35.5 Å². The van der Waals surface area contributed by atoms with Gasteiger partial charge in [-0.15, -0.1) is 0 Å². The minimum atomic E-state index is -0.221. The van der Waals surface area contributed by atoms with E-state index in [1.807, 2.05) is 61.2 Å². The summed E-state index contributed by atoms with van der Waals surface area (Å²) in [5, 5.41) is 10.8. The van der Waals surface area contributed by atoms with Crippen molar-refractivity contribution >= 4 is 23.3 Å². The zero-order valence-corrected chi connectivity index (χ0v) is 20.8. The lowest BCUT2D eigenvalue weighted by atomic mass is 10.0. The van der Waals surface area contributed by atoms with Gasteiger partial charge in [-0.3, -0.25) is 15.0 Å². The van der Waals surface area contributed by atoms with Gasteiger partial charge in [-0.1, -0.05) is 30.3 Å². The Bertz CT molecular complexity index is 1280. The number of benzene rings is 3. The molecular weight excluding hydrogens is 452 g/mol. The highest BCUT2D eigenvalue weighted by molar-refractivity contribution is 5.99. The van der Waals surface area contributed by atoms with Crippen molar-refractivity contribution < 1.29 is 14.3 Å². The molecule has 0 unspecified atom stereocenters. The lowest BCUT2D eigenvalue weighted by Crippen LogP contribution is -2.28. The third-order valence-electron chi connectivity index (χ3n) is 6.43. The van der Waals surface area contributed by atoms with Crippen molar-refractivity contribution in [3.05, 3.63) is 94.0 Å². The SMILES string of the molecule is Cc1cc(C(=O)N2CCCC2)c(C)cc1NC(=O)Cc1cc(C(=N)N)ccc1OCc1ccccc1. The first-order valence-corrected chi connectivity index (χ1v) is 12.2. The number of anilines is 1. The van der Waals surface area contributed by atoms with Gasteiger partial charge in [0.1, 0.15) is 18.2 Å². The van der Waals surface area contributed by atoms with Gasteiger partial charge in [-0.2, -0.15) is 0 Å². The molecule has 3 aromatic carbocycles. The topological polar surface area (TPSA) is 109 Å². The fraction of sp³-hybridized carbons (Fsp3) is 0.276. The van der Waals surface area contributed by atoms with Crippen LogP contribution in [-0.2, 0) is 17.8 Å². The van der Waals surface area contributed by atoms with Gasteiger partial charge in [0.15, 0.2) is 0 Å². The molecule has 1 saturated heterocycles. The van der Waals surface area contributed by atoms with Crippen LogP contribution in [0.4, 0.5) is 5.69 Å². The first-order chi connectivity index (χ1) is 17.3. The smallest absolute Gasteiger partial charge is 0.254 e. The maximum absolute atomic E-state index is 13.1. The third-order valence-corrected chi connectivity index (χ3v) is 6.43. The second-order valence-electron chi connectivity index (χ2n) is 9.22. The predicted octanol–water partition coefficient (Wildman–Crippen LogP) is 4.58. The minimum Gasteiger partial charge on any atom is -0.489 e. The van der Waals surface area contributed by atoms with E-state index in [1.165, 1.54) is 0 Å². The molecule has 1 aliphatic heterocycles. The minimum absolute atomic E-state index is 0.0484.